The van der Waals surface area contributed by atoms with Crippen LogP contribution in [0.3, 0.4) is 0 Å². The van der Waals surface area contributed by atoms with Gasteiger partial charge in [0.2, 0.25) is 0 Å². The molecule has 0 bridgehead atoms. The van der Waals surface area contributed by atoms with Gasteiger partial charge in [-0.1, -0.05) is 0 Å². The molecule has 0 fully saturated rings. The minimum absolute atomic E-state index is 0.0641. The van der Waals surface area contributed by atoms with Gasteiger partial charge >= 0.3 is 12.1 Å². The molecule has 0 aliphatic carbocycles. The van der Waals surface area contributed by atoms with Crippen LogP contribution in [0.4, 0.5) is 13.2 Å². The van der Waals surface area contributed by atoms with Crippen LogP contribution in [0.2, 0.25) is 0 Å². The van der Waals surface area contributed by atoms with Crippen molar-refractivity contribution in [3.05, 3.63) is 0 Å². The first-order valence-electron chi connectivity index (χ1n) is 4.51. The molecule has 1 amide bonds. The zero-order valence-electron chi connectivity index (χ0n) is 8.05. The van der Waals surface area contributed by atoms with E-state index in [1.807, 2.05) is 0 Å². The monoisotopic (exact) mass is 229 g/mol. The van der Waals surface area contributed by atoms with Gasteiger partial charge in [0.15, 0.2) is 0 Å². The summed E-state index contributed by atoms with van der Waals surface area (Å²) < 4.78 is 35.4. The van der Waals surface area contributed by atoms with Crippen molar-refractivity contribution in [3.63, 3.8) is 0 Å². The Labute approximate surface area is 85.1 Å². The number of halogens is 3. The minimum atomic E-state index is -4.93. The topological polar surface area (TPSA) is 69.6 Å². The van der Waals surface area contributed by atoms with Crippen LogP contribution in [0.15, 0.2) is 0 Å². The van der Waals surface area contributed by atoms with Crippen LogP contribution in [0.5, 0.6) is 0 Å². The third kappa shape index (κ3) is 6.29. The molecule has 7 heteroatoms. The average molecular weight is 229 g/mol. The Morgan fingerprint density at radius 3 is 2.27 bits per heavy atom. The summed E-state index contributed by atoms with van der Waals surface area (Å²) in [7, 11) is 0. The lowest BCUT2D eigenvalue weighted by atomic mass is 10.1. The van der Waals surface area contributed by atoms with E-state index in [0.717, 1.165) is 0 Å². The van der Waals surface area contributed by atoms with Crippen LogP contribution in [0.25, 0.3) is 0 Å². The Balaban J connectivity index is 3.94. The second-order valence-corrected chi connectivity index (χ2v) is 3.07. The normalized spacial score (nSPS) is 13.7. The number of nitrogens with one attached hydrogen (secondary N) is 1. The lowest BCUT2D eigenvalue weighted by Gasteiger charge is -2.16. The molecule has 90 valence electrons. The molecule has 0 spiro atoms. The van der Waals surface area contributed by atoms with Crippen LogP contribution in [0.1, 0.15) is 19.3 Å². The van der Waals surface area contributed by atoms with Gasteiger partial charge in [0.25, 0.3) is 0 Å². The molecular formula is C8H14F3NO3. The van der Waals surface area contributed by atoms with Crippen molar-refractivity contribution in [2.24, 2.45) is 0 Å². The molecule has 3 N–H and O–H groups in total. The first-order valence-corrected chi connectivity index (χ1v) is 4.51. The highest BCUT2D eigenvalue weighted by Gasteiger charge is 2.39. The van der Waals surface area contributed by atoms with E-state index in [1.54, 1.807) is 5.32 Å². The van der Waals surface area contributed by atoms with Gasteiger partial charge in [-0.2, -0.15) is 13.2 Å². The van der Waals surface area contributed by atoms with Crippen molar-refractivity contribution in [2.45, 2.75) is 31.5 Å². The van der Waals surface area contributed by atoms with Gasteiger partial charge in [0.1, 0.15) is 0 Å². The lowest BCUT2D eigenvalue weighted by Crippen LogP contribution is -2.44. The van der Waals surface area contributed by atoms with E-state index in [9.17, 15) is 18.0 Å². The molecule has 0 rings (SSSR count). The Bertz CT molecular complexity index is 196. The standard InChI is InChI=1S/C8H14F3NO3/c9-8(10,11)7(15)12-6(5-14)3-1-2-4-13/h6,13-14H,1-5H2,(H,12,15)/t6-/m0/s1. The second-order valence-electron chi connectivity index (χ2n) is 3.07. The first-order chi connectivity index (χ1) is 6.91. The van der Waals surface area contributed by atoms with E-state index in [-0.39, 0.29) is 13.0 Å². The highest BCUT2D eigenvalue weighted by Crippen LogP contribution is 2.15. The lowest BCUT2D eigenvalue weighted by molar-refractivity contribution is -0.174. The van der Waals surface area contributed by atoms with Crippen molar-refractivity contribution in [3.8, 4) is 0 Å². The number of rotatable bonds is 6. The molecular weight excluding hydrogens is 215 g/mol. The number of hydrogen-bond donors (Lipinski definition) is 3. The van der Waals surface area contributed by atoms with Gasteiger partial charge in [-0.25, -0.2) is 0 Å². The van der Waals surface area contributed by atoms with Crippen molar-refractivity contribution >= 4 is 5.91 Å². The van der Waals surface area contributed by atoms with E-state index in [0.29, 0.717) is 12.8 Å². The molecule has 0 unspecified atom stereocenters. The number of amides is 1. The third-order valence-electron chi connectivity index (χ3n) is 1.77. The Kier molecular flexibility index (Phi) is 6.26. The molecule has 0 aromatic rings. The molecule has 1 atom stereocenters. The number of alkyl halides is 3. The van der Waals surface area contributed by atoms with Crippen molar-refractivity contribution < 1.29 is 28.2 Å². The largest absolute Gasteiger partial charge is 0.471 e. The van der Waals surface area contributed by atoms with Crippen LogP contribution in [0, 0.1) is 0 Å². The fraction of sp³-hybridized carbons (Fsp3) is 0.875. The van der Waals surface area contributed by atoms with Crippen LogP contribution in [-0.2, 0) is 4.79 Å². The smallest absolute Gasteiger partial charge is 0.396 e. The zero-order valence-corrected chi connectivity index (χ0v) is 8.05. The predicted octanol–water partition coefficient (Wildman–Crippen LogP) is 0.188. The van der Waals surface area contributed by atoms with Crippen molar-refractivity contribution in [1.82, 2.24) is 5.32 Å². The molecule has 0 aromatic heterocycles. The highest BCUT2D eigenvalue weighted by molar-refractivity contribution is 5.81. The molecule has 0 saturated heterocycles. The number of carbonyl (C=O) groups excluding carboxylic acids is 1. The Morgan fingerprint density at radius 2 is 1.87 bits per heavy atom. The second kappa shape index (κ2) is 6.62. The number of hydrogen-bond acceptors (Lipinski definition) is 3. The maximum atomic E-state index is 11.8. The quantitative estimate of drug-likeness (QED) is 0.569. The maximum Gasteiger partial charge on any atom is 0.471 e. The molecule has 0 aliphatic heterocycles. The molecule has 0 aliphatic rings. The van der Waals surface area contributed by atoms with Gasteiger partial charge < -0.3 is 15.5 Å². The summed E-state index contributed by atoms with van der Waals surface area (Å²) in [5.41, 5.74) is 0. The van der Waals surface area contributed by atoms with Gasteiger partial charge in [-0.3, -0.25) is 4.79 Å². The molecule has 15 heavy (non-hydrogen) atoms. The van der Waals surface area contributed by atoms with E-state index in [4.69, 9.17) is 10.2 Å². The summed E-state index contributed by atoms with van der Waals surface area (Å²) in [4.78, 5) is 10.5. The van der Waals surface area contributed by atoms with Gasteiger partial charge in [0.05, 0.1) is 12.6 Å². The van der Waals surface area contributed by atoms with E-state index in [2.05, 4.69) is 0 Å². The van der Waals surface area contributed by atoms with E-state index >= 15 is 0 Å². The Hall–Kier alpha value is -0.820. The number of carbonyl (C=O) groups is 1. The molecule has 0 saturated carbocycles. The number of aliphatic hydroxyl groups is 2. The van der Waals surface area contributed by atoms with Crippen LogP contribution in [-0.4, -0.2) is 41.6 Å². The summed E-state index contributed by atoms with van der Waals surface area (Å²) in [6.07, 6.45) is -3.85. The summed E-state index contributed by atoms with van der Waals surface area (Å²) in [6.45, 7) is -0.612. The van der Waals surface area contributed by atoms with Gasteiger partial charge in [0, 0.05) is 6.61 Å². The third-order valence-corrected chi connectivity index (χ3v) is 1.77. The maximum absolute atomic E-state index is 11.8. The minimum Gasteiger partial charge on any atom is -0.396 e. The summed E-state index contributed by atoms with van der Waals surface area (Å²) >= 11 is 0. The van der Waals surface area contributed by atoms with Crippen molar-refractivity contribution in [1.29, 1.82) is 0 Å². The van der Waals surface area contributed by atoms with Gasteiger partial charge in [-0.05, 0) is 19.3 Å². The van der Waals surface area contributed by atoms with Crippen LogP contribution < -0.4 is 5.32 Å². The Morgan fingerprint density at radius 1 is 1.27 bits per heavy atom. The fourth-order valence-electron chi connectivity index (χ4n) is 0.979. The van der Waals surface area contributed by atoms with Gasteiger partial charge in [-0.15, -0.1) is 0 Å². The number of aliphatic hydroxyl groups excluding tert-OH is 2. The van der Waals surface area contributed by atoms with Crippen molar-refractivity contribution in [2.75, 3.05) is 13.2 Å². The van der Waals surface area contributed by atoms with E-state index in [1.165, 1.54) is 0 Å². The molecule has 0 radical (unpaired) electrons. The van der Waals surface area contributed by atoms with E-state index < -0.39 is 24.7 Å². The molecule has 0 heterocycles. The highest BCUT2D eigenvalue weighted by atomic mass is 19.4. The number of unbranched alkanes of at least 4 members (excludes halogenated alkanes) is 1. The molecule has 4 nitrogen and oxygen atoms in total. The fourth-order valence-corrected chi connectivity index (χ4v) is 0.979. The summed E-state index contributed by atoms with van der Waals surface area (Å²) in [5.74, 6) is -2.05. The summed E-state index contributed by atoms with van der Waals surface area (Å²) in [6, 6.07) is -0.911. The zero-order chi connectivity index (χ0) is 11.9. The first kappa shape index (κ1) is 14.2. The summed E-state index contributed by atoms with van der Waals surface area (Å²) in [5, 5.41) is 18.8. The average Bonchev–Trinajstić information content (AvgIpc) is 2.14. The molecule has 0 aromatic carbocycles. The SMILES string of the molecule is O=C(N[C@H](CO)CCCCO)C(F)(F)F. The van der Waals surface area contributed by atoms with Crippen LogP contribution >= 0.6 is 0 Å². The predicted molar refractivity (Wildman–Crippen MR) is 46.0 cm³/mol.